The van der Waals surface area contributed by atoms with Crippen molar-refractivity contribution in [2.75, 3.05) is 13.2 Å². The largest absolute Gasteiger partial charge is 0.508 e. The molecule has 2 atom stereocenters. The summed E-state index contributed by atoms with van der Waals surface area (Å²) in [6, 6.07) is 6.42. The molecule has 0 aromatic heterocycles. The van der Waals surface area contributed by atoms with Gasteiger partial charge in [0.15, 0.2) is 0 Å². The lowest BCUT2D eigenvalue weighted by molar-refractivity contribution is -0.145. The third kappa shape index (κ3) is 3.24. The van der Waals surface area contributed by atoms with E-state index in [4.69, 9.17) is 14.7 Å². The number of rotatable bonds is 5. The number of carbonyl (C=O) groups excluding carboxylic acids is 1. The van der Waals surface area contributed by atoms with Crippen molar-refractivity contribution in [2.45, 2.75) is 25.4 Å². The Labute approximate surface area is 111 Å². The molecule has 100 valence electrons. The Kier molecular flexibility index (Phi) is 4.03. The van der Waals surface area contributed by atoms with Gasteiger partial charge in [0.05, 0.1) is 36.9 Å². The molecule has 5 heteroatoms. The lowest BCUT2D eigenvalue weighted by Crippen LogP contribution is -2.19. The third-order valence-corrected chi connectivity index (χ3v) is 3.00. The highest BCUT2D eigenvalue weighted by Gasteiger charge is 2.33. The van der Waals surface area contributed by atoms with Crippen molar-refractivity contribution in [3.05, 3.63) is 29.3 Å². The number of phenols is 1. The molecule has 1 aromatic rings. The van der Waals surface area contributed by atoms with Crippen LogP contribution in [0.1, 0.15) is 30.4 Å². The summed E-state index contributed by atoms with van der Waals surface area (Å²) in [5, 5.41) is 18.5. The molecule has 1 saturated heterocycles. The van der Waals surface area contributed by atoms with Gasteiger partial charge >= 0.3 is 5.97 Å². The van der Waals surface area contributed by atoms with Crippen molar-refractivity contribution in [1.29, 1.82) is 5.26 Å². The fraction of sp³-hybridized carbons (Fsp3) is 0.429. The fourth-order valence-electron chi connectivity index (χ4n) is 2.00. The molecule has 19 heavy (non-hydrogen) atoms. The molecular weight excluding hydrogens is 246 g/mol. The van der Waals surface area contributed by atoms with Gasteiger partial charge in [-0.15, -0.1) is 0 Å². The minimum absolute atomic E-state index is 0.00517. The van der Waals surface area contributed by atoms with E-state index in [-0.39, 0.29) is 17.8 Å². The predicted octanol–water partition coefficient (Wildman–Crippen LogP) is 1.70. The summed E-state index contributed by atoms with van der Waals surface area (Å²) in [6.07, 6.45) is 0.549. The Bertz CT molecular complexity index is 517. The molecule has 0 bridgehead atoms. The summed E-state index contributed by atoms with van der Waals surface area (Å²) in [6.45, 7) is 2.67. The normalized spacial score (nSPS) is 18.4. The van der Waals surface area contributed by atoms with Crippen molar-refractivity contribution in [3.63, 3.8) is 0 Å². The van der Waals surface area contributed by atoms with Crippen molar-refractivity contribution in [3.8, 4) is 11.8 Å². The molecule has 1 aromatic carbocycles. The summed E-state index contributed by atoms with van der Waals surface area (Å²) in [5.74, 6) is -0.881. The van der Waals surface area contributed by atoms with Gasteiger partial charge in [0.2, 0.25) is 0 Å². The molecule has 2 rings (SSSR count). The number of epoxide rings is 1. The van der Waals surface area contributed by atoms with E-state index >= 15 is 0 Å². The first-order chi connectivity index (χ1) is 9.15. The minimum atomic E-state index is -0.525. The SMILES string of the molecule is CCOC(=O)[C@H](CC1CO1)c1ccc(O)cc1C#N. The Morgan fingerprint density at radius 2 is 2.42 bits per heavy atom. The number of esters is 1. The van der Waals surface area contributed by atoms with E-state index in [2.05, 4.69) is 0 Å². The van der Waals surface area contributed by atoms with Gasteiger partial charge in [-0.1, -0.05) is 6.07 Å². The van der Waals surface area contributed by atoms with Gasteiger partial charge in [-0.3, -0.25) is 4.79 Å². The molecule has 0 amide bonds. The highest BCUT2D eigenvalue weighted by atomic mass is 16.6. The standard InChI is InChI=1S/C14H15NO4/c1-2-18-14(17)13(6-11-8-19-11)12-4-3-10(16)5-9(12)7-15/h3-5,11,13,16H,2,6,8H2,1H3/t11?,13-/m1/s1. The van der Waals surface area contributed by atoms with Crippen molar-refractivity contribution in [1.82, 2.24) is 0 Å². The van der Waals surface area contributed by atoms with E-state index in [0.717, 1.165) is 0 Å². The van der Waals surface area contributed by atoms with Crippen LogP contribution in [-0.2, 0) is 14.3 Å². The van der Waals surface area contributed by atoms with Gasteiger partial charge in [0.1, 0.15) is 5.75 Å². The van der Waals surface area contributed by atoms with Crippen LogP contribution in [0.15, 0.2) is 18.2 Å². The highest BCUT2D eigenvalue weighted by molar-refractivity contribution is 5.79. The minimum Gasteiger partial charge on any atom is -0.508 e. The fourth-order valence-corrected chi connectivity index (χ4v) is 2.00. The highest BCUT2D eigenvalue weighted by Crippen LogP contribution is 2.32. The van der Waals surface area contributed by atoms with Crippen molar-refractivity contribution < 1.29 is 19.4 Å². The molecule has 1 heterocycles. The maximum atomic E-state index is 12.0. The first-order valence-electron chi connectivity index (χ1n) is 6.17. The van der Waals surface area contributed by atoms with Crippen LogP contribution in [0.3, 0.4) is 0 Å². The zero-order valence-corrected chi connectivity index (χ0v) is 10.6. The summed E-state index contributed by atoms with van der Waals surface area (Å²) < 4.78 is 10.2. The summed E-state index contributed by atoms with van der Waals surface area (Å²) >= 11 is 0. The average molecular weight is 261 g/mol. The van der Waals surface area contributed by atoms with E-state index in [9.17, 15) is 9.90 Å². The van der Waals surface area contributed by atoms with E-state index in [1.807, 2.05) is 6.07 Å². The van der Waals surface area contributed by atoms with Crippen molar-refractivity contribution in [2.24, 2.45) is 0 Å². The molecule has 1 fully saturated rings. The number of nitriles is 1. The molecule has 1 aliphatic rings. The molecule has 1 N–H and O–H groups in total. The predicted molar refractivity (Wildman–Crippen MR) is 66.6 cm³/mol. The number of aromatic hydroxyl groups is 1. The number of ether oxygens (including phenoxy) is 2. The zero-order valence-electron chi connectivity index (χ0n) is 10.6. The van der Waals surface area contributed by atoms with Crippen LogP contribution < -0.4 is 0 Å². The second-order valence-electron chi connectivity index (χ2n) is 4.38. The van der Waals surface area contributed by atoms with Gasteiger partial charge in [-0.05, 0) is 31.0 Å². The van der Waals surface area contributed by atoms with Crippen LogP contribution >= 0.6 is 0 Å². The molecule has 5 nitrogen and oxygen atoms in total. The Morgan fingerprint density at radius 1 is 1.68 bits per heavy atom. The van der Waals surface area contributed by atoms with E-state index in [1.54, 1.807) is 13.0 Å². The summed E-state index contributed by atoms with van der Waals surface area (Å²) in [4.78, 5) is 12.0. The van der Waals surface area contributed by atoms with Crippen molar-refractivity contribution >= 4 is 5.97 Å². The Hall–Kier alpha value is -2.06. The summed E-state index contributed by atoms with van der Waals surface area (Å²) in [7, 11) is 0. The number of hydrogen-bond acceptors (Lipinski definition) is 5. The quantitative estimate of drug-likeness (QED) is 0.644. The number of nitrogens with zero attached hydrogens (tertiary/aromatic N) is 1. The van der Waals surface area contributed by atoms with Crippen LogP contribution in [-0.4, -0.2) is 30.4 Å². The summed E-state index contributed by atoms with van der Waals surface area (Å²) in [5.41, 5.74) is 0.868. The second-order valence-corrected chi connectivity index (χ2v) is 4.38. The first-order valence-corrected chi connectivity index (χ1v) is 6.17. The van der Waals surface area contributed by atoms with Gasteiger partial charge in [0, 0.05) is 0 Å². The Balaban J connectivity index is 2.31. The maximum absolute atomic E-state index is 12.0. The number of carbonyl (C=O) groups is 1. The third-order valence-electron chi connectivity index (χ3n) is 3.00. The van der Waals surface area contributed by atoms with Crippen LogP contribution in [0, 0.1) is 11.3 Å². The number of benzene rings is 1. The van der Waals surface area contributed by atoms with E-state index in [1.165, 1.54) is 12.1 Å². The van der Waals surface area contributed by atoms with Gasteiger partial charge in [-0.2, -0.15) is 5.26 Å². The van der Waals surface area contributed by atoms with Gasteiger partial charge in [0.25, 0.3) is 0 Å². The first kappa shape index (κ1) is 13.4. The second kappa shape index (κ2) is 5.72. The van der Waals surface area contributed by atoms with E-state index in [0.29, 0.717) is 30.8 Å². The molecule has 0 spiro atoms. The maximum Gasteiger partial charge on any atom is 0.313 e. The number of phenolic OH excluding ortho intramolecular Hbond substituents is 1. The molecule has 0 aliphatic carbocycles. The molecule has 1 unspecified atom stereocenters. The average Bonchev–Trinajstić information content (AvgIpc) is 3.20. The van der Waals surface area contributed by atoms with Gasteiger partial charge in [-0.25, -0.2) is 0 Å². The zero-order chi connectivity index (χ0) is 13.8. The lowest BCUT2D eigenvalue weighted by Gasteiger charge is -2.16. The van der Waals surface area contributed by atoms with Crippen LogP contribution in [0.2, 0.25) is 0 Å². The van der Waals surface area contributed by atoms with E-state index < -0.39 is 5.92 Å². The smallest absolute Gasteiger partial charge is 0.313 e. The van der Waals surface area contributed by atoms with Gasteiger partial charge < -0.3 is 14.6 Å². The molecule has 1 aliphatic heterocycles. The number of hydrogen-bond donors (Lipinski definition) is 1. The van der Waals surface area contributed by atoms with Crippen LogP contribution in [0.25, 0.3) is 0 Å². The molecule has 0 radical (unpaired) electrons. The topological polar surface area (TPSA) is 82.8 Å². The lowest BCUT2D eigenvalue weighted by atomic mass is 9.90. The van der Waals surface area contributed by atoms with Crippen LogP contribution in [0.5, 0.6) is 5.75 Å². The van der Waals surface area contributed by atoms with Crippen LogP contribution in [0.4, 0.5) is 0 Å². The Morgan fingerprint density at radius 3 is 3.00 bits per heavy atom. The monoisotopic (exact) mass is 261 g/mol. The molecule has 0 saturated carbocycles. The molecular formula is C14H15NO4.